The van der Waals surface area contributed by atoms with E-state index >= 15 is 0 Å². The van der Waals surface area contributed by atoms with E-state index in [1.807, 2.05) is 30.3 Å². The molecule has 0 radical (unpaired) electrons. The monoisotopic (exact) mass is 271 g/mol. The summed E-state index contributed by atoms with van der Waals surface area (Å²) >= 11 is 0. The minimum atomic E-state index is -0.562. The number of benzene rings is 1. The van der Waals surface area contributed by atoms with Crippen molar-refractivity contribution in [3.05, 3.63) is 35.9 Å². The van der Waals surface area contributed by atoms with Crippen LogP contribution in [0.1, 0.15) is 31.7 Å². The van der Waals surface area contributed by atoms with Crippen LogP contribution < -0.4 is 5.32 Å². The van der Waals surface area contributed by atoms with Gasteiger partial charge in [0.05, 0.1) is 6.07 Å². The zero-order valence-electron chi connectivity index (χ0n) is 12.6. The van der Waals surface area contributed by atoms with Gasteiger partial charge in [-0.15, -0.1) is 0 Å². The molecule has 0 saturated heterocycles. The summed E-state index contributed by atoms with van der Waals surface area (Å²) in [6.45, 7) is 4.98. The predicted octanol–water partition coefficient (Wildman–Crippen LogP) is 2.75. The van der Waals surface area contributed by atoms with Crippen molar-refractivity contribution in [3.63, 3.8) is 0 Å². The summed E-state index contributed by atoms with van der Waals surface area (Å²) in [5.41, 5.74) is 0.512. The Bertz CT molecular complexity index is 447. The highest BCUT2D eigenvalue weighted by Gasteiger charge is 2.32. The molecule has 1 N–H and O–H groups in total. The van der Waals surface area contributed by atoms with E-state index in [2.05, 4.69) is 30.3 Å². The van der Waals surface area contributed by atoms with Gasteiger partial charge in [-0.05, 0) is 44.3 Å². The zero-order chi connectivity index (χ0) is 14.4. The highest BCUT2D eigenvalue weighted by atomic mass is 15.1. The van der Waals surface area contributed by atoms with Crippen LogP contribution in [0.5, 0.6) is 0 Å². The van der Waals surface area contributed by atoms with Crippen molar-refractivity contribution in [3.8, 4) is 6.07 Å². The van der Waals surface area contributed by atoms with E-state index < -0.39 is 5.54 Å². The summed E-state index contributed by atoms with van der Waals surface area (Å²) in [7, 11) is 2.16. The van der Waals surface area contributed by atoms with Crippen molar-refractivity contribution in [2.24, 2.45) is 5.92 Å². The molecule has 2 rings (SSSR count). The van der Waals surface area contributed by atoms with Gasteiger partial charge in [0.1, 0.15) is 5.54 Å². The highest BCUT2D eigenvalue weighted by Crippen LogP contribution is 2.30. The number of nitriles is 1. The molecule has 3 nitrogen and oxygen atoms in total. The van der Waals surface area contributed by atoms with Gasteiger partial charge in [0.25, 0.3) is 0 Å². The SMILES string of the molecule is CCNC(C#N)(CCN(C)CC1CC1)c1ccccc1. The molecule has 1 unspecified atom stereocenters. The average molecular weight is 271 g/mol. The van der Waals surface area contributed by atoms with Gasteiger partial charge in [-0.25, -0.2) is 0 Å². The molecule has 1 fully saturated rings. The normalized spacial score (nSPS) is 17.7. The molecule has 0 spiro atoms. The number of nitrogens with zero attached hydrogens (tertiary/aromatic N) is 2. The first kappa shape index (κ1) is 15.0. The smallest absolute Gasteiger partial charge is 0.133 e. The van der Waals surface area contributed by atoms with Crippen LogP contribution in [0.25, 0.3) is 0 Å². The van der Waals surface area contributed by atoms with Gasteiger partial charge < -0.3 is 4.90 Å². The Morgan fingerprint density at radius 2 is 2.05 bits per heavy atom. The fourth-order valence-corrected chi connectivity index (χ4v) is 2.71. The van der Waals surface area contributed by atoms with Crippen molar-refractivity contribution in [1.29, 1.82) is 5.26 Å². The van der Waals surface area contributed by atoms with Gasteiger partial charge in [0.15, 0.2) is 0 Å². The molecular formula is C17H25N3. The van der Waals surface area contributed by atoms with Crippen molar-refractivity contribution in [2.75, 3.05) is 26.7 Å². The first-order valence-electron chi connectivity index (χ1n) is 7.60. The van der Waals surface area contributed by atoms with E-state index in [1.54, 1.807) is 0 Å². The lowest BCUT2D eigenvalue weighted by molar-refractivity contribution is 0.274. The van der Waals surface area contributed by atoms with Crippen LogP contribution in [0.15, 0.2) is 30.3 Å². The lowest BCUT2D eigenvalue weighted by atomic mass is 9.87. The molecule has 0 amide bonds. The van der Waals surface area contributed by atoms with Gasteiger partial charge in [0.2, 0.25) is 0 Å². The van der Waals surface area contributed by atoms with Crippen LogP contribution in [0, 0.1) is 17.2 Å². The molecule has 3 heteroatoms. The molecule has 1 aromatic carbocycles. The molecule has 0 aliphatic heterocycles. The van der Waals surface area contributed by atoms with Gasteiger partial charge in [-0.3, -0.25) is 5.32 Å². The Balaban J connectivity index is 2.04. The first-order chi connectivity index (χ1) is 9.70. The molecule has 0 aromatic heterocycles. The highest BCUT2D eigenvalue weighted by molar-refractivity contribution is 5.31. The third kappa shape index (κ3) is 3.82. The maximum atomic E-state index is 9.74. The van der Waals surface area contributed by atoms with Crippen molar-refractivity contribution >= 4 is 0 Å². The molecule has 1 aliphatic rings. The minimum Gasteiger partial charge on any atom is -0.306 e. The van der Waals surface area contributed by atoms with E-state index in [9.17, 15) is 5.26 Å². The van der Waals surface area contributed by atoms with Crippen molar-refractivity contribution in [2.45, 2.75) is 31.7 Å². The molecule has 1 atom stereocenters. The molecule has 0 heterocycles. The van der Waals surface area contributed by atoms with Crippen LogP contribution in [-0.2, 0) is 5.54 Å². The van der Waals surface area contributed by atoms with Gasteiger partial charge in [-0.1, -0.05) is 37.3 Å². The van der Waals surface area contributed by atoms with Crippen molar-refractivity contribution < 1.29 is 0 Å². The van der Waals surface area contributed by atoms with Gasteiger partial charge in [0, 0.05) is 13.1 Å². The predicted molar refractivity (Wildman–Crippen MR) is 82.2 cm³/mol. The molecule has 108 valence electrons. The molecule has 0 bridgehead atoms. The molecular weight excluding hydrogens is 246 g/mol. The third-order valence-electron chi connectivity index (χ3n) is 4.07. The summed E-state index contributed by atoms with van der Waals surface area (Å²) in [4.78, 5) is 2.37. The van der Waals surface area contributed by atoms with Crippen LogP contribution >= 0.6 is 0 Å². The van der Waals surface area contributed by atoms with E-state index in [1.165, 1.54) is 19.4 Å². The third-order valence-corrected chi connectivity index (χ3v) is 4.07. The first-order valence-corrected chi connectivity index (χ1v) is 7.60. The van der Waals surface area contributed by atoms with Gasteiger partial charge in [-0.2, -0.15) is 5.26 Å². The molecule has 1 saturated carbocycles. The number of hydrogen-bond donors (Lipinski definition) is 1. The van der Waals surface area contributed by atoms with Crippen LogP contribution in [0.2, 0.25) is 0 Å². The van der Waals surface area contributed by atoms with Crippen LogP contribution in [0.3, 0.4) is 0 Å². The Kier molecular flexibility index (Phi) is 5.17. The topological polar surface area (TPSA) is 39.1 Å². The fraction of sp³-hybridized carbons (Fsp3) is 0.588. The Morgan fingerprint density at radius 1 is 1.35 bits per heavy atom. The number of rotatable bonds is 8. The number of hydrogen-bond acceptors (Lipinski definition) is 3. The van der Waals surface area contributed by atoms with E-state index in [0.29, 0.717) is 0 Å². The van der Waals surface area contributed by atoms with E-state index in [-0.39, 0.29) is 0 Å². The Morgan fingerprint density at radius 3 is 2.60 bits per heavy atom. The summed E-state index contributed by atoms with van der Waals surface area (Å²) in [6.07, 6.45) is 3.57. The zero-order valence-corrected chi connectivity index (χ0v) is 12.6. The number of nitrogens with one attached hydrogen (secondary N) is 1. The maximum Gasteiger partial charge on any atom is 0.133 e. The summed E-state index contributed by atoms with van der Waals surface area (Å²) in [5.74, 6) is 0.896. The van der Waals surface area contributed by atoms with E-state index in [0.717, 1.165) is 31.0 Å². The summed E-state index contributed by atoms with van der Waals surface area (Å²) < 4.78 is 0. The molecule has 20 heavy (non-hydrogen) atoms. The van der Waals surface area contributed by atoms with Crippen LogP contribution in [0.4, 0.5) is 0 Å². The quantitative estimate of drug-likeness (QED) is 0.790. The molecule has 1 aromatic rings. The standard InChI is InChI=1S/C17H25N3/c1-3-19-17(14-18,16-7-5-4-6-8-16)11-12-20(2)13-15-9-10-15/h4-8,15,19H,3,9-13H2,1-2H3. The van der Waals surface area contributed by atoms with Crippen LogP contribution in [-0.4, -0.2) is 31.6 Å². The van der Waals surface area contributed by atoms with Gasteiger partial charge >= 0.3 is 0 Å². The van der Waals surface area contributed by atoms with Crippen molar-refractivity contribution in [1.82, 2.24) is 10.2 Å². The largest absolute Gasteiger partial charge is 0.306 e. The van der Waals surface area contributed by atoms with E-state index in [4.69, 9.17) is 0 Å². The second-order valence-electron chi connectivity index (χ2n) is 5.87. The second kappa shape index (κ2) is 6.88. The maximum absolute atomic E-state index is 9.74. The Hall–Kier alpha value is -1.37. The lowest BCUT2D eigenvalue weighted by Gasteiger charge is -2.30. The lowest BCUT2D eigenvalue weighted by Crippen LogP contribution is -2.43. The second-order valence-corrected chi connectivity index (χ2v) is 5.87. The fourth-order valence-electron chi connectivity index (χ4n) is 2.71. The summed E-state index contributed by atoms with van der Waals surface area (Å²) in [5, 5.41) is 13.1. The summed E-state index contributed by atoms with van der Waals surface area (Å²) in [6, 6.07) is 12.6. The molecule has 1 aliphatic carbocycles. The minimum absolute atomic E-state index is 0.562. The Labute approximate surface area is 122 Å². The average Bonchev–Trinajstić information content (AvgIpc) is 3.28.